The van der Waals surface area contributed by atoms with Gasteiger partial charge < -0.3 is 5.32 Å². The van der Waals surface area contributed by atoms with Crippen molar-refractivity contribution in [1.82, 2.24) is 4.98 Å². The molecule has 1 saturated carbocycles. The van der Waals surface area contributed by atoms with Crippen molar-refractivity contribution in [3.05, 3.63) is 35.8 Å². The molecule has 1 heterocycles. The highest BCUT2D eigenvalue weighted by Crippen LogP contribution is 2.30. The Morgan fingerprint density at radius 3 is 3.00 bits per heavy atom. The van der Waals surface area contributed by atoms with Crippen LogP contribution in [0.25, 0.3) is 10.6 Å². The van der Waals surface area contributed by atoms with Crippen LogP contribution in [-0.2, 0) is 0 Å². The van der Waals surface area contributed by atoms with Crippen LogP contribution in [0.2, 0.25) is 0 Å². The molecule has 1 aromatic carbocycles. The average Bonchev–Trinajstić information content (AvgIpc) is 3.02. The summed E-state index contributed by atoms with van der Waals surface area (Å²) < 4.78 is 0. The van der Waals surface area contributed by atoms with Gasteiger partial charge in [-0.25, -0.2) is 4.98 Å². The van der Waals surface area contributed by atoms with Gasteiger partial charge in [0.25, 0.3) is 0 Å². The first kappa shape index (κ1) is 11.7. The largest absolute Gasteiger partial charge is 0.382 e. The molecular weight excluding hydrogens is 240 g/mol. The molecule has 2 aromatic rings. The molecule has 0 aliphatic heterocycles. The van der Waals surface area contributed by atoms with Gasteiger partial charge in [0, 0.05) is 28.9 Å². The van der Waals surface area contributed by atoms with Crippen molar-refractivity contribution in [3.8, 4) is 10.6 Å². The Morgan fingerprint density at radius 2 is 2.28 bits per heavy atom. The fourth-order valence-corrected chi connectivity index (χ4v) is 3.32. The van der Waals surface area contributed by atoms with Gasteiger partial charge >= 0.3 is 0 Å². The Labute approximate surface area is 112 Å². The summed E-state index contributed by atoms with van der Waals surface area (Å²) in [4.78, 5) is 4.37. The third-order valence-electron chi connectivity index (χ3n) is 3.76. The first-order valence-corrected chi connectivity index (χ1v) is 7.47. The lowest BCUT2D eigenvalue weighted by molar-refractivity contribution is 0.556. The van der Waals surface area contributed by atoms with Crippen LogP contribution >= 0.6 is 11.3 Å². The van der Waals surface area contributed by atoms with E-state index in [0.717, 1.165) is 10.9 Å². The predicted octanol–water partition coefficient (Wildman–Crippen LogP) is 4.41. The van der Waals surface area contributed by atoms with E-state index in [1.54, 1.807) is 11.3 Å². The third-order valence-corrected chi connectivity index (χ3v) is 4.58. The number of nitrogens with zero attached hydrogens (tertiary/aromatic N) is 1. The molecule has 2 unspecified atom stereocenters. The average molecular weight is 258 g/mol. The molecule has 1 fully saturated rings. The second kappa shape index (κ2) is 5.11. The van der Waals surface area contributed by atoms with E-state index in [0.29, 0.717) is 6.04 Å². The number of anilines is 1. The number of hydrogen-bond acceptors (Lipinski definition) is 3. The van der Waals surface area contributed by atoms with Crippen LogP contribution in [-0.4, -0.2) is 11.0 Å². The zero-order valence-corrected chi connectivity index (χ0v) is 11.4. The monoisotopic (exact) mass is 258 g/mol. The van der Waals surface area contributed by atoms with Crippen molar-refractivity contribution in [2.45, 2.75) is 32.2 Å². The van der Waals surface area contributed by atoms with E-state index < -0.39 is 0 Å². The van der Waals surface area contributed by atoms with Gasteiger partial charge in [-0.2, -0.15) is 0 Å². The van der Waals surface area contributed by atoms with Crippen LogP contribution in [0, 0.1) is 5.92 Å². The Morgan fingerprint density at radius 1 is 1.33 bits per heavy atom. The molecular formula is C15H18N2S. The molecule has 1 aliphatic rings. The maximum atomic E-state index is 4.37. The summed E-state index contributed by atoms with van der Waals surface area (Å²) in [5, 5.41) is 6.79. The molecule has 1 N–H and O–H groups in total. The second-order valence-electron chi connectivity index (χ2n) is 5.08. The van der Waals surface area contributed by atoms with Crippen LogP contribution in [0.5, 0.6) is 0 Å². The van der Waals surface area contributed by atoms with Crippen molar-refractivity contribution >= 4 is 17.0 Å². The van der Waals surface area contributed by atoms with Gasteiger partial charge in [-0.05, 0) is 30.9 Å². The zero-order valence-electron chi connectivity index (χ0n) is 10.6. The number of nitrogens with one attached hydrogen (secondary N) is 1. The summed E-state index contributed by atoms with van der Waals surface area (Å²) in [6.45, 7) is 2.34. The van der Waals surface area contributed by atoms with Gasteiger partial charge in [-0.15, -0.1) is 11.3 Å². The second-order valence-corrected chi connectivity index (χ2v) is 5.97. The Kier molecular flexibility index (Phi) is 3.33. The van der Waals surface area contributed by atoms with Crippen LogP contribution in [0.3, 0.4) is 0 Å². The molecule has 3 heteroatoms. The highest BCUT2D eigenvalue weighted by molar-refractivity contribution is 7.13. The lowest BCUT2D eigenvalue weighted by atomic mass is 10.1. The quantitative estimate of drug-likeness (QED) is 0.882. The highest BCUT2D eigenvalue weighted by atomic mass is 32.1. The number of rotatable bonds is 3. The molecule has 1 aliphatic carbocycles. The number of hydrogen-bond donors (Lipinski definition) is 1. The van der Waals surface area contributed by atoms with Gasteiger partial charge in [0.05, 0.1) is 0 Å². The highest BCUT2D eigenvalue weighted by Gasteiger charge is 2.22. The van der Waals surface area contributed by atoms with Crippen LogP contribution in [0.15, 0.2) is 35.8 Å². The third kappa shape index (κ3) is 2.41. The first-order chi connectivity index (χ1) is 8.83. The van der Waals surface area contributed by atoms with E-state index in [9.17, 15) is 0 Å². The molecule has 0 amide bonds. The Bertz CT molecular complexity index is 507. The van der Waals surface area contributed by atoms with Crippen molar-refractivity contribution in [2.24, 2.45) is 5.92 Å². The molecule has 2 nitrogen and oxygen atoms in total. The topological polar surface area (TPSA) is 24.9 Å². The molecule has 0 spiro atoms. The van der Waals surface area contributed by atoms with E-state index in [2.05, 4.69) is 41.5 Å². The molecule has 0 saturated heterocycles. The normalized spacial score (nSPS) is 23.2. The van der Waals surface area contributed by atoms with Crippen LogP contribution in [0.1, 0.15) is 26.2 Å². The van der Waals surface area contributed by atoms with Crippen molar-refractivity contribution in [3.63, 3.8) is 0 Å². The molecule has 0 bridgehead atoms. The molecule has 18 heavy (non-hydrogen) atoms. The Hall–Kier alpha value is -1.35. The van der Waals surface area contributed by atoms with E-state index in [-0.39, 0.29) is 0 Å². The minimum Gasteiger partial charge on any atom is -0.382 e. The van der Waals surface area contributed by atoms with E-state index in [4.69, 9.17) is 0 Å². The molecule has 0 radical (unpaired) electrons. The van der Waals surface area contributed by atoms with E-state index in [1.165, 1.54) is 30.5 Å². The van der Waals surface area contributed by atoms with E-state index in [1.807, 2.05) is 11.6 Å². The lowest BCUT2D eigenvalue weighted by Crippen LogP contribution is -2.21. The Balaban J connectivity index is 1.79. The summed E-state index contributed by atoms with van der Waals surface area (Å²) in [7, 11) is 0. The van der Waals surface area contributed by atoms with Crippen molar-refractivity contribution < 1.29 is 0 Å². The van der Waals surface area contributed by atoms with Gasteiger partial charge in [0.2, 0.25) is 0 Å². The minimum atomic E-state index is 0.636. The molecule has 94 valence electrons. The number of benzene rings is 1. The summed E-state index contributed by atoms with van der Waals surface area (Å²) in [5.74, 6) is 0.786. The van der Waals surface area contributed by atoms with Crippen molar-refractivity contribution in [2.75, 3.05) is 5.32 Å². The summed E-state index contributed by atoms with van der Waals surface area (Å²) in [5.41, 5.74) is 2.43. The maximum absolute atomic E-state index is 4.37. The SMILES string of the molecule is CC1CCCC1Nc1cccc(-c2nccs2)c1. The summed E-state index contributed by atoms with van der Waals surface area (Å²) >= 11 is 1.69. The number of aromatic nitrogens is 1. The van der Waals surface area contributed by atoms with Gasteiger partial charge in [0.15, 0.2) is 0 Å². The fourth-order valence-electron chi connectivity index (χ4n) is 2.68. The fraction of sp³-hybridized carbons (Fsp3) is 0.400. The zero-order chi connectivity index (χ0) is 12.4. The van der Waals surface area contributed by atoms with Crippen LogP contribution in [0.4, 0.5) is 5.69 Å². The predicted molar refractivity (Wildman–Crippen MR) is 78.0 cm³/mol. The van der Waals surface area contributed by atoms with E-state index >= 15 is 0 Å². The summed E-state index contributed by atoms with van der Waals surface area (Å²) in [6, 6.07) is 9.24. The minimum absolute atomic E-state index is 0.636. The van der Waals surface area contributed by atoms with Crippen LogP contribution < -0.4 is 5.32 Å². The van der Waals surface area contributed by atoms with Gasteiger partial charge in [0.1, 0.15) is 5.01 Å². The molecule has 1 aromatic heterocycles. The first-order valence-electron chi connectivity index (χ1n) is 6.59. The smallest absolute Gasteiger partial charge is 0.123 e. The lowest BCUT2D eigenvalue weighted by Gasteiger charge is -2.19. The molecule has 3 rings (SSSR count). The number of thiazole rings is 1. The summed E-state index contributed by atoms with van der Waals surface area (Å²) in [6.07, 6.45) is 5.86. The van der Waals surface area contributed by atoms with Crippen molar-refractivity contribution in [1.29, 1.82) is 0 Å². The molecule has 2 atom stereocenters. The van der Waals surface area contributed by atoms with Gasteiger partial charge in [-0.3, -0.25) is 0 Å². The maximum Gasteiger partial charge on any atom is 0.123 e. The van der Waals surface area contributed by atoms with Gasteiger partial charge in [-0.1, -0.05) is 25.5 Å². The standard InChI is InChI=1S/C15H18N2S/c1-11-4-2-7-14(11)17-13-6-3-5-12(10-13)15-16-8-9-18-15/h3,5-6,8-11,14,17H,2,4,7H2,1H3.